The van der Waals surface area contributed by atoms with E-state index in [-0.39, 0.29) is 35.9 Å². The van der Waals surface area contributed by atoms with Gasteiger partial charge in [0.25, 0.3) is 0 Å². The van der Waals surface area contributed by atoms with Gasteiger partial charge in [0.15, 0.2) is 0 Å². The van der Waals surface area contributed by atoms with Crippen LogP contribution in [0.15, 0.2) is 30.3 Å². The second-order valence-electron chi connectivity index (χ2n) is 5.62. The van der Waals surface area contributed by atoms with E-state index < -0.39 is 0 Å². The Hall–Kier alpha value is -1.14. The van der Waals surface area contributed by atoms with Gasteiger partial charge in [-0.05, 0) is 25.8 Å². The molecular formula is C14H23ClN4O. The van der Waals surface area contributed by atoms with E-state index in [2.05, 4.69) is 28.3 Å². The summed E-state index contributed by atoms with van der Waals surface area (Å²) < 4.78 is 0. The SMILES string of the molecule is CC(C)(CN)NC(=O)C1CC(c2ccccc2)NN1.Cl. The molecule has 20 heavy (non-hydrogen) atoms. The van der Waals surface area contributed by atoms with Gasteiger partial charge in [0.2, 0.25) is 5.91 Å². The highest BCUT2D eigenvalue weighted by Gasteiger charge is 2.32. The number of nitrogens with two attached hydrogens (primary N) is 1. The summed E-state index contributed by atoms with van der Waals surface area (Å²) in [5, 5.41) is 2.95. The van der Waals surface area contributed by atoms with Crippen molar-refractivity contribution in [3.05, 3.63) is 35.9 Å². The molecule has 0 aromatic heterocycles. The second-order valence-corrected chi connectivity index (χ2v) is 5.62. The van der Waals surface area contributed by atoms with Crippen LogP contribution < -0.4 is 21.9 Å². The van der Waals surface area contributed by atoms with Crippen LogP contribution in [0.1, 0.15) is 31.9 Å². The van der Waals surface area contributed by atoms with Crippen LogP contribution in [0.3, 0.4) is 0 Å². The smallest absolute Gasteiger partial charge is 0.239 e. The molecule has 0 spiro atoms. The van der Waals surface area contributed by atoms with Crippen molar-refractivity contribution in [3.63, 3.8) is 0 Å². The Balaban J connectivity index is 0.00000200. The third-order valence-corrected chi connectivity index (χ3v) is 3.39. The van der Waals surface area contributed by atoms with Crippen molar-refractivity contribution in [1.29, 1.82) is 0 Å². The zero-order valence-corrected chi connectivity index (χ0v) is 12.7. The zero-order chi connectivity index (χ0) is 13.9. The van der Waals surface area contributed by atoms with Gasteiger partial charge in [0, 0.05) is 18.1 Å². The van der Waals surface area contributed by atoms with E-state index in [0.717, 1.165) is 6.42 Å². The topological polar surface area (TPSA) is 79.2 Å². The largest absolute Gasteiger partial charge is 0.349 e. The van der Waals surface area contributed by atoms with Crippen LogP contribution in [-0.4, -0.2) is 24.0 Å². The van der Waals surface area contributed by atoms with E-state index in [1.165, 1.54) is 5.56 Å². The number of amides is 1. The average Bonchev–Trinajstić information content (AvgIpc) is 2.89. The molecular weight excluding hydrogens is 276 g/mol. The Morgan fingerprint density at radius 3 is 2.60 bits per heavy atom. The predicted octanol–water partition coefficient (Wildman–Crippen LogP) is 0.869. The fraction of sp³-hybridized carbons (Fsp3) is 0.500. The summed E-state index contributed by atoms with van der Waals surface area (Å²) >= 11 is 0. The number of hydrazine groups is 1. The molecule has 1 saturated heterocycles. The number of hydrogen-bond acceptors (Lipinski definition) is 4. The first-order chi connectivity index (χ1) is 9.02. The van der Waals surface area contributed by atoms with Crippen LogP contribution >= 0.6 is 12.4 Å². The van der Waals surface area contributed by atoms with Crippen LogP contribution in [-0.2, 0) is 4.79 Å². The summed E-state index contributed by atoms with van der Waals surface area (Å²) in [6.45, 7) is 4.25. The Labute approximate surface area is 126 Å². The minimum Gasteiger partial charge on any atom is -0.349 e. The van der Waals surface area contributed by atoms with E-state index in [0.29, 0.717) is 6.54 Å². The number of carbonyl (C=O) groups is 1. The monoisotopic (exact) mass is 298 g/mol. The van der Waals surface area contributed by atoms with Gasteiger partial charge in [-0.3, -0.25) is 4.79 Å². The lowest BCUT2D eigenvalue weighted by Gasteiger charge is -2.25. The fourth-order valence-electron chi connectivity index (χ4n) is 2.10. The van der Waals surface area contributed by atoms with Gasteiger partial charge in [-0.1, -0.05) is 30.3 Å². The normalized spacial score (nSPS) is 22.1. The number of benzene rings is 1. The number of carbonyl (C=O) groups excluding carboxylic acids is 1. The van der Waals surface area contributed by atoms with Crippen molar-refractivity contribution in [2.24, 2.45) is 5.73 Å². The van der Waals surface area contributed by atoms with Crippen molar-refractivity contribution in [2.75, 3.05) is 6.54 Å². The van der Waals surface area contributed by atoms with Crippen molar-refractivity contribution >= 4 is 18.3 Å². The molecule has 1 aliphatic heterocycles. The molecule has 0 bridgehead atoms. The summed E-state index contributed by atoms with van der Waals surface area (Å²) in [4.78, 5) is 12.1. The van der Waals surface area contributed by atoms with E-state index in [4.69, 9.17) is 5.73 Å². The number of rotatable bonds is 4. The van der Waals surface area contributed by atoms with Crippen molar-refractivity contribution < 1.29 is 4.79 Å². The van der Waals surface area contributed by atoms with Crippen LogP contribution in [0, 0.1) is 0 Å². The highest BCUT2D eigenvalue weighted by Crippen LogP contribution is 2.22. The Morgan fingerprint density at radius 2 is 2.00 bits per heavy atom. The second kappa shape index (κ2) is 7.04. The fourth-order valence-corrected chi connectivity index (χ4v) is 2.10. The van der Waals surface area contributed by atoms with Gasteiger partial charge in [-0.25, -0.2) is 10.9 Å². The Morgan fingerprint density at radius 1 is 1.35 bits per heavy atom. The number of halogens is 1. The molecule has 2 rings (SSSR count). The molecule has 1 fully saturated rings. The van der Waals surface area contributed by atoms with Gasteiger partial charge in [0.1, 0.15) is 6.04 Å². The summed E-state index contributed by atoms with van der Waals surface area (Å²) in [5.74, 6) is -0.0126. The summed E-state index contributed by atoms with van der Waals surface area (Å²) in [5.41, 5.74) is 12.6. The molecule has 1 heterocycles. The standard InChI is InChI=1S/C14H22N4O.ClH/c1-14(2,9-15)16-13(19)12-8-11(17-18-12)10-6-4-3-5-7-10;/h3-7,11-12,17-18H,8-9,15H2,1-2H3,(H,16,19);1H. The van der Waals surface area contributed by atoms with E-state index >= 15 is 0 Å². The van der Waals surface area contributed by atoms with Gasteiger partial charge in [-0.15, -0.1) is 12.4 Å². The van der Waals surface area contributed by atoms with E-state index in [1.54, 1.807) is 0 Å². The molecule has 2 atom stereocenters. The first-order valence-electron chi connectivity index (χ1n) is 6.60. The quantitative estimate of drug-likeness (QED) is 0.665. The van der Waals surface area contributed by atoms with Gasteiger partial charge < -0.3 is 11.1 Å². The van der Waals surface area contributed by atoms with E-state index in [9.17, 15) is 4.79 Å². The maximum atomic E-state index is 12.1. The lowest BCUT2D eigenvalue weighted by Crippen LogP contribution is -2.54. The third-order valence-electron chi connectivity index (χ3n) is 3.39. The zero-order valence-electron chi connectivity index (χ0n) is 11.8. The molecule has 2 unspecified atom stereocenters. The van der Waals surface area contributed by atoms with Crippen LogP contribution in [0.5, 0.6) is 0 Å². The first-order valence-corrected chi connectivity index (χ1v) is 6.60. The minimum atomic E-state index is -0.371. The summed E-state index contributed by atoms with van der Waals surface area (Å²) in [6, 6.07) is 10.0. The molecule has 1 amide bonds. The summed E-state index contributed by atoms with van der Waals surface area (Å²) in [6.07, 6.45) is 0.733. The lowest BCUT2D eigenvalue weighted by atomic mass is 10.0. The predicted molar refractivity (Wildman–Crippen MR) is 82.4 cm³/mol. The highest BCUT2D eigenvalue weighted by molar-refractivity contribution is 5.85. The van der Waals surface area contributed by atoms with Crippen molar-refractivity contribution in [2.45, 2.75) is 37.9 Å². The molecule has 5 nitrogen and oxygen atoms in total. The lowest BCUT2D eigenvalue weighted by molar-refractivity contribution is -0.124. The highest BCUT2D eigenvalue weighted by atomic mass is 35.5. The van der Waals surface area contributed by atoms with Crippen LogP contribution in [0.25, 0.3) is 0 Å². The van der Waals surface area contributed by atoms with Crippen LogP contribution in [0.4, 0.5) is 0 Å². The molecule has 0 aliphatic carbocycles. The Kier molecular flexibility index (Phi) is 5.95. The minimum absolute atomic E-state index is 0. The van der Waals surface area contributed by atoms with Gasteiger partial charge >= 0.3 is 0 Å². The molecule has 6 heteroatoms. The van der Waals surface area contributed by atoms with Gasteiger partial charge in [0.05, 0.1) is 0 Å². The molecule has 112 valence electrons. The average molecular weight is 299 g/mol. The maximum Gasteiger partial charge on any atom is 0.239 e. The van der Waals surface area contributed by atoms with Crippen molar-refractivity contribution in [1.82, 2.24) is 16.2 Å². The molecule has 1 aromatic rings. The molecule has 0 radical (unpaired) electrons. The third kappa shape index (κ3) is 4.18. The first kappa shape index (κ1) is 16.9. The van der Waals surface area contributed by atoms with Gasteiger partial charge in [-0.2, -0.15) is 0 Å². The maximum absolute atomic E-state index is 12.1. The van der Waals surface area contributed by atoms with E-state index in [1.807, 2.05) is 32.0 Å². The summed E-state index contributed by atoms with van der Waals surface area (Å²) in [7, 11) is 0. The number of hydrogen-bond donors (Lipinski definition) is 4. The molecule has 1 aliphatic rings. The molecule has 5 N–H and O–H groups in total. The molecule has 0 saturated carbocycles. The number of nitrogens with one attached hydrogen (secondary N) is 3. The Bertz CT molecular complexity index is 438. The molecule has 1 aromatic carbocycles. The van der Waals surface area contributed by atoms with Crippen LogP contribution in [0.2, 0.25) is 0 Å². The van der Waals surface area contributed by atoms with Crippen molar-refractivity contribution in [3.8, 4) is 0 Å².